The quantitative estimate of drug-likeness (QED) is 0.427. The molecule has 8 heteroatoms. The fourth-order valence-electron chi connectivity index (χ4n) is 2.56. The van der Waals surface area contributed by atoms with Crippen LogP contribution in [0.4, 0.5) is 10.5 Å². The molecule has 0 saturated carbocycles. The van der Waals surface area contributed by atoms with Crippen molar-refractivity contribution >= 4 is 62.2 Å². The Hall–Kier alpha value is -2.40. The minimum Gasteiger partial charge on any atom is -0.493 e. The molecule has 0 radical (unpaired) electrons. The molecule has 1 saturated heterocycles. The average molecular weight is 479 g/mol. The Balaban J connectivity index is 2.02. The molecule has 1 fully saturated rings. The van der Waals surface area contributed by atoms with E-state index in [4.69, 9.17) is 27.5 Å². The highest BCUT2D eigenvalue weighted by Gasteiger charge is 2.36. The van der Waals surface area contributed by atoms with Crippen LogP contribution < -0.4 is 14.4 Å². The number of amides is 2. The molecular formula is C20H13BrClNO4S. The molecule has 0 spiro atoms. The molecule has 0 unspecified atom stereocenters. The lowest BCUT2D eigenvalue weighted by molar-refractivity contribution is -0.113. The molecule has 5 nitrogen and oxygen atoms in total. The molecular weight excluding hydrogens is 466 g/mol. The van der Waals surface area contributed by atoms with Crippen LogP contribution >= 0.6 is 39.3 Å². The van der Waals surface area contributed by atoms with E-state index in [1.165, 1.54) is 7.11 Å². The molecule has 0 aliphatic carbocycles. The topological polar surface area (TPSA) is 55.8 Å². The number of carbonyl (C=O) groups is 2. The minimum atomic E-state index is -0.445. The zero-order valence-corrected chi connectivity index (χ0v) is 17.7. The van der Waals surface area contributed by atoms with Gasteiger partial charge in [-0.3, -0.25) is 9.59 Å². The van der Waals surface area contributed by atoms with E-state index in [9.17, 15) is 9.59 Å². The van der Waals surface area contributed by atoms with Gasteiger partial charge in [-0.15, -0.1) is 6.42 Å². The Morgan fingerprint density at radius 2 is 2.11 bits per heavy atom. The molecule has 1 aliphatic rings. The van der Waals surface area contributed by atoms with Crippen LogP contribution in [0, 0.1) is 12.3 Å². The lowest BCUT2D eigenvalue weighted by Crippen LogP contribution is -2.27. The van der Waals surface area contributed by atoms with Crippen LogP contribution in [0.15, 0.2) is 45.8 Å². The number of hydrogen-bond acceptors (Lipinski definition) is 5. The van der Waals surface area contributed by atoms with Crippen LogP contribution in [-0.4, -0.2) is 24.9 Å². The third-order valence-electron chi connectivity index (χ3n) is 3.71. The number of hydrogen-bond donors (Lipinski definition) is 0. The van der Waals surface area contributed by atoms with Gasteiger partial charge in [-0.1, -0.05) is 39.5 Å². The fraction of sp³-hybridized carbons (Fsp3) is 0.100. The third kappa shape index (κ3) is 4.20. The smallest absolute Gasteiger partial charge is 0.298 e. The predicted octanol–water partition coefficient (Wildman–Crippen LogP) is 5.36. The highest BCUT2D eigenvalue weighted by atomic mass is 79.9. The molecule has 0 aromatic heterocycles. The maximum atomic E-state index is 12.9. The Kier molecular flexibility index (Phi) is 6.35. The minimum absolute atomic E-state index is 0.0306. The summed E-state index contributed by atoms with van der Waals surface area (Å²) in [6, 6.07) is 10.0. The van der Waals surface area contributed by atoms with Gasteiger partial charge in [-0.2, -0.15) is 0 Å². The molecule has 0 N–H and O–H groups in total. The van der Waals surface area contributed by atoms with Crippen molar-refractivity contribution in [2.24, 2.45) is 0 Å². The summed E-state index contributed by atoms with van der Waals surface area (Å²) in [6.45, 7) is 0.0306. The first-order chi connectivity index (χ1) is 13.4. The van der Waals surface area contributed by atoms with Crippen molar-refractivity contribution in [1.29, 1.82) is 0 Å². The molecule has 2 amide bonds. The second kappa shape index (κ2) is 8.74. The van der Waals surface area contributed by atoms with Crippen molar-refractivity contribution in [2.75, 3.05) is 18.6 Å². The van der Waals surface area contributed by atoms with Crippen molar-refractivity contribution in [2.45, 2.75) is 0 Å². The van der Waals surface area contributed by atoms with Crippen molar-refractivity contribution < 1.29 is 19.1 Å². The van der Waals surface area contributed by atoms with Crippen LogP contribution in [0.3, 0.4) is 0 Å². The Morgan fingerprint density at radius 3 is 2.79 bits per heavy atom. The number of carbonyl (C=O) groups excluding carboxylic acids is 2. The molecule has 3 rings (SSSR count). The molecule has 1 aliphatic heterocycles. The van der Waals surface area contributed by atoms with E-state index in [0.29, 0.717) is 27.8 Å². The fourth-order valence-corrected chi connectivity index (χ4v) is 4.03. The Bertz CT molecular complexity index is 1030. The van der Waals surface area contributed by atoms with Gasteiger partial charge in [0.1, 0.15) is 6.61 Å². The van der Waals surface area contributed by atoms with Crippen molar-refractivity contribution in [3.8, 4) is 23.8 Å². The van der Waals surface area contributed by atoms with Gasteiger partial charge in [-0.25, -0.2) is 4.90 Å². The van der Waals surface area contributed by atoms with Crippen LogP contribution in [0.1, 0.15) is 5.56 Å². The van der Waals surface area contributed by atoms with Gasteiger partial charge >= 0.3 is 0 Å². The number of nitrogens with zero attached hydrogens (tertiary/aromatic N) is 1. The molecule has 28 heavy (non-hydrogen) atoms. The van der Waals surface area contributed by atoms with E-state index in [1.807, 2.05) is 0 Å². The Labute approximate surface area is 179 Å². The average Bonchev–Trinajstić information content (AvgIpc) is 2.93. The number of benzene rings is 2. The van der Waals surface area contributed by atoms with E-state index in [-0.39, 0.29) is 11.5 Å². The van der Waals surface area contributed by atoms with Crippen molar-refractivity contribution in [3.05, 3.63) is 56.4 Å². The van der Waals surface area contributed by atoms with E-state index < -0.39 is 11.1 Å². The zero-order chi connectivity index (χ0) is 20.3. The lowest BCUT2D eigenvalue weighted by Gasteiger charge is -2.13. The SMILES string of the molecule is C#CCOc1c(/C=C2\SC(=O)N(c3cccc(Cl)c3)C2=O)cc(Br)cc1OC. The second-order valence-electron chi connectivity index (χ2n) is 5.52. The van der Waals surface area contributed by atoms with Crippen molar-refractivity contribution in [1.82, 2.24) is 0 Å². The van der Waals surface area contributed by atoms with Gasteiger partial charge in [0.15, 0.2) is 11.5 Å². The molecule has 0 bridgehead atoms. The van der Waals surface area contributed by atoms with E-state index >= 15 is 0 Å². The number of imide groups is 1. The van der Waals surface area contributed by atoms with E-state index in [2.05, 4.69) is 21.9 Å². The van der Waals surface area contributed by atoms with Gasteiger partial charge < -0.3 is 9.47 Å². The number of methoxy groups -OCH3 is 1. The first kappa shape index (κ1) is 20.3. The lowest BCUT2D eigenvalue weighted by atomic mass is 10.1. The number of halogens is 2. The summed E-state index contributed by atoms with van der Waals surface area (Å²) in [5.41, 5.74) is 0.965. The number of rotatable bonds is 5. The maximum Gasteiger partial charge on any atom is 0.298 e. The summed E-state index contributed by atoms with van der Waals surface area (Å²) in [4.78, 5) is 26.6. The number of ether oxygens (including phenoxy) is 2. The van der Waals surface area contributed by atoms with Gasteiger partial charge in [0, 0.05) is 15.1 Å². The van der Waals surface area contributed by atoms with Gasteiger partial charge in [-0.05, 0) is 48.2 Å². The van der Waals surface area contributed by atoms with Gasteiger partial charge in [0.2, 0.25) is 0 Å². The monoisotopic (exact) mass is 477 g/mol. The summed E-state index contributed by atoms with van der Waals surface area (Å²) in [7, 11) is 1.50. The number of terminal acetylenes is 1. The van der Waals surface area contributed by atoms with Crippen molar-refractivity contribution in [3.63, 3.8) is 0 Å². The van der Waals surface area contributed by atoms with Gasteiger partial charge in [0.05, 0.1) is 17.7 Å². The third-order valence-corrected chi connectivity index (χ3v) is 5.28. The first-order valence-corrected chi connectivity index (χ1v) is 9.90. The van der Waals surface area contributed by atoms with Crippen LogP contribution in [-0.2, 0) is 4.79 Å². The van der Waals surface area contributed by atoms with Crippen LogP contribution in [0.5, 0.6) is 11.5 Å². The molecule has 2 aromatic rings. The zero-order valence-electron chi connectivity index (χ0n) is 14.6. The maximum absolute atomic E-state index is 12.9. The van der Waals surface area contributed by atoms with Crippen LogP contribution in [0.25, 0.3) is 6.08 Å². The van der Waals surface area contributed by atoms with Crippen LogP contribution in [0.2, 0.25) is 5.02 Å². The molecule has 0 atom stereocenters. The normalized spacial score (nSPS) is 15.1. The second-order valence-corrected chi connectivity index (χ2v) is 7.86. The standard InChI is InChI=1S/C20H13BrClNO4S/c1-3-7-27-18-12(8-13(21)10-16(18)26-2)9-17-19(24)23(20(25)28-17)15-6-4-5-14(22)11-15/h1,4-6,8-11H,7H2,2H3/b17-9-. The molecule has 1 heterocycles. The number of anilines is 1. The summed E-state index contributed by atoms with van der Waals surface area (Å²) in [5.74, 6) is 2.79. The highest BCUT2D eigenvalue weighted by molar-refractivity contribution is 9.10. The van der Waals surface area contributed by atoms with Gasteiger partial charge in [0.25, 0.3) is 11.1 Å². The summed E-state index contributed by atoms with van der Waals surface area (Å²) < 4.78 is 11.7. The number of thioether (sulfide) groups is 1. The highest BCUT2D eigenvalue weighted by Crippen LogP contribution is 2.40. The largest absolute Gasteiger partial charge is 0.493 e. The van der Waals surface area contributed by atoms with E-state index in [1.54, 1.807) is 42.5 Å². The predicted molar refractivity (Wildman–Crippen MR) is 115 cm³/mol. The summed E-state index contributed by atoms with van der Waals surface area (Å²) in [5, 5.41) is 0.0220. The summed E-state index contributed by atoms with van der Waals surface area (Å²) in [6.07, 6.45) is 6.86. The molecule has 142 valence electrons. The first-order valence-electron chi connectivity index (χ1n) is 7.92. The summed E-state index contributed by atoms with van der Waals surface area (Å²) >= 11 is 10.2. The Morgan fingerprint density at radius 1 is 1.32 bits per heavy atom. The molecule has 2 aromatic carbocycles. The van der Waals surface area contributed by atoms with E-state index in [0.717, 1.165) is 21.1 Å².